The molecular weight excluding hydrogens is 282 g/mol. The Morgan fingerprint density at radius 1 is 0.727 bits per heavy atom. The van der Waals surface area contributed by atoms with Gasteiger partial charge >= 0.3 is 0 Å². The van der Waals surface area contributed by atoms with Crippen LogP contribution in [0.25, 0.3) is 0 Å². The first-order valence-corrected chi connectivity index (χ1v) is 6.99. The van der Waals surface area contributed by atoms with Gasteiger partial charge in [-0.15, -0.1) is 0 Å². The molecule has 2 aromatic carbocycles. The van der Waals surface area contributed by atoms with Crippen LogP contribution in [0.4, 0.5) is 8.78 Å². The highest BCUT2D eigenvalue weighted by atomic mass is 19.1. The van der Waals surface area contributed by atoms with Crippen molar-refractivity contribution in [3.05, 3.63) is 71.3 Å². The van der Waals surface area contributed by atoms with Crippen molar-refractivity contribution in [2.75, 3.05) is 0 Å². The third kappa shape index (κ3) is 3.72. The summed E-state index contributed by atoms with van der Waals surface area (Å²) in [5.74, 6) is 5.08. The fourth-order valence-corrected chi connectivity index (χ4v) is 1.97. The molecular formula is C19H18F2O. The SMILES string of the molecule is CC(C)(C)C#CC(O)(c1ccc(F)cc1)c1ccc(F)cc1. The summed E-state index contributed by atoms with van der Waals surface area (Å²) in [5, 5.41) is 11.1. The Kier molecular flexibility index (Phi) is 4.35. The second-order valence-corrected chi connectivity index (χ2v) is 6.22. The molecule has 0 atom stereocenters. The predicted molar refractivity (Wildman–Crippen MR) is 83.0 cm³/mol. The van der Waals surface area contributed by atoms with Gasteiger partial charge in [0, 0.05) is 16.5 Å². The van der Waals surface area contributed by atoms with Crippen molar-refractivity contribution in [2.45, 2.75) is 26.4 Å². The van der Waals surface area contributed by atoms with E-state index in [9.17, 15) is 13.9 Å². The minimum atomic E-state index is -1.62. The van der Waals surface area contributed by atoms with Gasteiger partial charge in [0.2, 0.25) is 0 Å². The van der Waals surface area contributed by atoms with E-state index in [-0.39, 0.29) is 5.41 Å². The minimum Gasteiger partial charge on any atom is -0.369 e. The van der Waals surface area contributed by atoms with E-state index in [0.717, 1.165) is 0 Å². The maximum Gasteiger partial charge on any atom is 0.176 e. The van der Waals surface area contributed by atoms with E-state index in [2.05, 4.69) is 11.8 Å². The summed E-state index contributed by atoms with van der Waals surface area (Å²) in [5.41, 5.74) is -1.04. The van der Waals surface area contributed by atoms with Gasteiger partial charge in [0.05, 0.1) is 0 Å². The van der Waals surface area contributed by atoms with Gasteiger partial charge in [-0.1, -0.05) is 36.1 Å². The van der Waals surface area contributed by atoms with Crippen molar-refractivity contribution in [2.24, 2.45) is 5.41 Å². The zero-order valence-corrected chi connectivity index (χ0v) is 12.8. The van der Waals surface area contributed by atoms with Crippen molar-refractivity contribution in [1.82, 2.24) is 0 Å². The van der Waals surface area contributed by atoms with E-state index in [0.29, 0.717) is 11.1 Å². The molecule has 2 rings (SSSR count). The van der Waals surface area contributed by atoms with Gasteiger partial charge in [0.25, 0.3) is 0 Å². The normalized spacial score (nSPS) is 11.7. The molecule has 0 heterocycles. The van der Waals surface area contributed by atoms with Crippen molar-refractivity contribution in [3.8, 4) is 11.8 Å². The number of benzene rings is 2. The van der Waals surface area contributed by atoms with E-state index in [1.165, 1.54) is 48.5 Å². The molecule has 22 heavy (non-hydrogen) atoms. The molecule has 114 valence electrons. The van der Waals surface area contributed by atoms with Crippen LogP contribution in [0.3, 0.4) is 0 Å². The largest absolute Gasteiger partial charge is 0.369 e. The molecule has 1 N–H and O–H groups in total. The summed E-state index contributed by atoms with van der Waals surface area (Å²) in [6.45, 7) is 5.78. The maximum absolute atomic E-state index is 13.1. The molecule has 0 radical (unpaired) electrons. The molecule has 0 saturated carbocycles. The molecule has 1 nitrogen and oxygen atoms in total. The fraction of sp³-hybridized carbons (Fsp3) is 0.263. The lowest BCUT2D eigenvalue weighted by Crippen LogP contribution is -2.26. The summed E-state index contributed by atoms with van der Waals surface area (Å²) in [6.07, 6.45) is 0. The lowest BCUT2D eigenvalue weighted by atomic mass is 9.85. The molecule has 3 heteroatoms. The molecule has 0 saturated heterocycles. The monoisotopic (exact) mass is 300 g/mol. The van der Waals surface area contributed by atoms with Gasteiger partial charge in [-0.3, -0.25) is 0 Å². The van der Waals surface area contributed by atoms with Crippen molar-refractivity contribution >= 4 is 0 Å². The first kappa shape index (κ1) is 16.2. The summed E-state index contributed by atoms with van der Waals surface area (Å²) in [7, 11) is 0. The molecule has 0 spiro atoms. The summed E-state index contributed by atoms with van der Waals surface area (Å²) in [6, 6.07) is 11.0. The molecule has 2 aromatic rings. The number of hydrogen-bond acceptors (Lipinski definition) is 1. The Bertz CT molecular complexity index is 653. The van der Waals surface area contributed by atoms with Crippen molar-refractivity contribution in [3.63, 3.8) is 0 Å². The number of halogens is 2. The van der Waals surface area contributed by atoms with Gasteiger partial charge in [0.1, 0.15) is 11.6 Å². The first-order valence-electron chi connectivity index (χ1n) is 6.99. The van der Waals surface area contributed by atoms with E-state index in [1.807, 2.05) is 20.8 Å². The highest BCUT2D eigenvalue weighted by Gasteiger charge is 2.30. The Balaban J connectivity index is 2.59. The highest BCUT2D eigenvalue weighted by molar-refractivity contribution is 5.44. The van der Waals surface area contributed by atoms with Crippen LogP contribution in [0.5, 0.6) is 0 Å². The molecule has 0 aliphatic carbocycles. The minimum absolute atomic E-state index is 0.311. The molecule has 0 fully saturated rings. The van der Waals surface area contributed by atoms with Crippen LogP contribution in [-0.2, 0) is 5.60 Å². The van der Waals surface area contributed by atoms with Gasteiger partial charge in [-0.25, -0.2) is 8.78 Å². The molecule has 0 aromatic heterocycles. The molecule has 0 amide bonds. The number of rotatable bonds is 2. The lowest BCUT2D eigenvalue weighted by molar-refractivity contribution is 0.144. The standard InChI is InChI=1S/C19H18F2O/c1-18(2,3)12-13-19(22,14-4-8-16(20)9-5-14)15-6-10-17(21)11-7-15/h4-11,22H,1-3H3. The van der Waals surface area contributed by atoms with E-state index >= 15 is 0 Å². The lowest BCUT2D eigenvalue weighted by Gasteiger charge is -2.24. The Hall–Kier alpha value is -2.18. The smallest absolute Gasteiger partial charge is 0.176 e. The maximum atomic E-state index is 13.1. The van der Waals surface area contributed by atoms with Crippen LogP contribution in [0.2, 0.25) is 0 Å². The number of hydrogen-bond donors (Lipinski definition) is 1. The quantitative estimate of drug-likeness (QED) is 0.822. The van der Waals surface area contributed by atoms with Gasteiger partial charge in [-0.2, -0.15) is 0 Å². The van der Waals surface area contributed by atoms with Gasteiger partial charge < -0.3 is 5.11 Å². The molecule has 0 bridgehead atoms. The Labute approximate surface area is 129 Å². The topological polar surface area (TPSA) is 20.2 Å². The molecule has 0 aliphatic rings. The molecule has 0 aliphatic heterocycles. The Morgan fingerprint density at radius 3 is 1.41 bits per heavy atom. The summed E-state index contributed by atoms with van der Waals surface area (Å²) < 4.78 is 26.3. The van der Waals surface area contributed by atoms with Crippen LogP contribution >= 0.6 is 0 Å². The van der Waals surface area contributed by atoms with E-state index < -0.39 is 17.2 Å². The summed E-state index contributed by atoms with van der Waals surface area (Å²) >= 11 is 0. The van der Waals surface area contributed by atoms with Crippen LogP contribution in [-0.4, -0.2) is 5.11 Å². The van der Waals surface area contributed by atoms with E-state index in [1.54, 1.807) is 0 Å². The zero-order chi connectivity index (χ0) is 16.4. The zero-order valence-electron chi connectivity index (χ0n) is 12.8. The third-order valence-corrected chi connectivity index (χ3v) is 3.14. The van der Waals surface area contributed by atoms with Crippen LogP contribution < -0.4 is 0 Å². The predicted octanol–water partition coefficient (Wildman–Crippen LogP) is 4.25. The second kappa shape index (κ2) is 5.90. The van der Waals surface area contributed by atoms with Gasteiger partial charge in [-0.05, 0) is 45.0 Å². The van der Waals surface area contributed by atoms with Crippen LogP contribution in [0, 0.1) is 28.9 Å². The summed E-state index contributed by atoms with van der Waals surface area (Å²) in [4.78, 5) is 0. The average molecular weight is 300 g/mol. The van der Waals surface area contributed by atoms with Gasteiger partial charge in [0.15, 0.2) is 5.60 Å². The molecule has 0 unspecified atom stereocenters. The highest BCUT2D eigenvalue weighted by Crippen LogP contribution is 2.30. The second-order valence-electron chi connectivity index (χ2n) is 6.22. The van der Waals surface area contributed by atoms with Crippen LogP contribution in [0.1, 0.15) is 31.9 Å². The Morgan fingerprint density at radius 2 is 1.09 bits per heavy atom. The third-order valence-electron chi connectivity index (χ3n) is 3.14. The van der Waals surface area contributed by atoms with Crippen LogP contribution in [0.15, 0.2) is 48.5 Å². The van der Waals surface area contributed by atoms with E-state index in [4.69, 9.17) is 0 Å². The fourth-order valence-electron chi connectivity index (χ4n) is 1.97. The van der Waals surface area contributed by atoms with Crippen molar-refractivity contribution < 1.29 is 13.9 Å². The average Bonchev–Trinajstić information content (AvgIpc) is 2.45. The van der Waals surface area contributed by atoms with Crippen molar-refractivity contribution in [1.29, 1.82) is 0 Å². The first-order chi connectivity index (χ1) is 10.2. The number of aliphatic hydroxyl groups is 1.